The molecule has 1 aromatic carbocycles. The van der Waals surface area contributed by atoms with E-state index in [4.69, 9.17) is 10.5 Å². The topological polar surface area (TPSA) is 135 Å². The van der Waals surface area contributed by atoms with E-state index >= 15 is 0 Å². The van der Waals surface area contributed by atoms with Gasteiger partial charge in [0.15, 0.2) is 5.84 Å². The monoisotopic (exact) mass is 431 g/mol. The van der Waals surface area contributed by atoms with Crippen LogP contribution in [0.2, 0.25) is 0 Å². The maximum absolute atomic E-state index is 11.7. The van der Waals surface area contributed by atoms with E-state index in [0.717, 1.165) is 31.9 Å². The summed E-state index contributed by atoms with van der Waals surface area (Å²) in [5.41, 5.74) is 6.18. The second-order valence-corrected chi connectivity index (χ2v) is 9.30. The van der Waals surface area contributed by atoms with Gasteiger partial charge in [-0.15, -0.1) is 4.40 Å². The fourth-order valence-electron chi connectivity index (χ4n) is 3.47. The van der Waals surface area contributed by atoms with Gasteiger partial charge in [0.1, 0.15) is 18.2 Å². The summed E-state index contributed by atoms with van der Waals surface area (Å²) >= 11 is 0. The molecule has 30 heavy (non-hydrogen) atoms. The Morgan fingerprint density at radius 1 is 1.27 bits per heavy atom. The lowest BCUT2D eigenvalue weighted by Crippen LogP contribution is -2.38. The number of fused-ring (bicyclic) bond motifs is 1. The first-order chi connectivity index (χ1) is 14.2. The van der Waals surface area contributed by atoms with Gasteiger partial charge in [-0.05, 0) is 44.9 Å². The average molecular weight is 432 g/mol. The van der Waals surface area contributed by atoms with Crippen LogP contribution in [0.4, 0.5) is 17.5 Å². The number of nitrogens with one attached hydrogen (secondary N) is 2. The van der Waals surface area contributed by atoms with E-state index in [1.54, 1.807) is 24.4 Å². The van der Waals surface area contributed by atoms with Gasteiger partial charge in [0.05, 0.1) is 16.8 Å². The standard InChI is InChI=1S/C19H25N7O3S/c1-19(2,23-15-8-9-21-18(22-15)26-10-3-4-11-26)12-29-14-7-5-6-13-16(14)17(20)25-30(27,28)24-13/h5-9,24H,3-4,10-12H2,1-2H3,(H2,20,25)(H,21,22,23). The minimum Gasteiger partial charge on any atom is -0.490 e. The number of hydrogen-bond acceptors (Lipinski definition) is 8. The first-order valence-electron chi connectivity index (χ1n) is 9.73. The predicted octanol–water partition coefficient (Wildman–Crippen LogP) is 1.72. The number of anilines is 3. The van der Waals surface area contributed by atoms with Crippen LogP contribution in [-0.2, 0) is 10.2 Å². The van der Waals surface area contributed by atoms with E-state index < -0.39 is 15.7 Å². The van der Waals surface area contributed by atoms with E-state index in [1.165, 1.54) is 0 Å². The molecule has 10 nitrogen and oxygen atoms in total. The highest BCUT2D eigenvalue weighted by Gasteiger charge is 2.26. The summed E-state index contributed by atoms with van der Waals surface area (Å²) in [6.07, 6.45) is 4.06. The third kappa shape index (κ3) is 4.40. The molecule has 4 N–H and O–H groups in total. The van der Waals surface area contributed by atoms with Crippen LogP contribution in [-0.4, -0.2) is 49.5 Å². The molecule has 0 amide bonds. The largest absolute Gasteiger partial charge is 0.490 e. The van der Waals surface area contributed by atoms with Crippen molar-refractivity contribution in [3.8, 4) is 5.75 Å². The summed E-state index contributed by atoms with van der Waals surface area (Å²) in [5, 5.41) is 3.38. The summed E-state index contributed by atoms with van der Waals surface area (Å²) in [6.45, 7) is 6.20. The van der Waals surface area contributed by atoms with E-state index in [-0.39, 0.29) is 12.4 Å². The highest BCUT2D eigenvalue weighted by molar-refractivity contribution is 7.91. The first-order valence-corrected chi connectivity index (χ1v) is 11.2. The maximum atomic E-state index is 11.7. The molecule has 2 aliphatic rings. The zero-order valence-corrected chi connectivity index (χ0v) is 17.7. The molecule has 0 unspecified atom stereocenters. The highest BCUT2D eigenvalue weighted by Crippen LogP contribution is 2.31. The van der Waals surface area contributed by atoms with Gasteiger partial charge in [-0.25, -0.2) is 4.98 Å². The quantitative estimate of drug-likeness (QED) is 0.629. The van der Waals surface area contributed by atoms with Crippen LogP contribution in [0.5, 0.6) is 5.75 Å². The lowest BCUT2D eigenvalue weighted by Gasteiger charge is -2.28. The van der Waals surface area contributed by atoms with E-state index in [1.807, 2.05) is 19.9 Å². The molecule has 2 aromatic rings. The number of nitrogens with two attached hydrogens (primary N) is 1. The van der Waals surface area contributed by atoms with Crippen molar-refractivity contribution in [1.82, 2.24) is 9.97 Å². The molecule has 3 heterocycles. The van der Waals surface area contributed by atoms with Gasteiger partial charge in [0.25, 0.3) is 0 Å². The van der Waals surface area contributed by atoms with Crippen molar-refractivity contribution in [1.29, 1.82) is 0 Å². The number of rotatable bonds is 6. The van der Waals surface area contributed by atoms with Crippen LogP contribution in [0, 0.1) is 0 Å². The first kappa shape index (κ1) is 20.2. The molecule has 1 fully saturated rings. The minimum atomic E-state index is -3.83. The average Bonchev–Trinajstić information content (AvgIpc) is 3.20. The van der Waals surface area contributed by atoms with Crippen LogP contribution in [0.1, 0.15) is 32.3 Å². The Balaban J connectivity index is 1.47. The molecule has 0 bridgehead atoms. The number of amidine groups is 1. The lowest BCUT2D eigenvalue weighted by molar-refractivity contribution is 0.256. The van der Waals surface area contributed by atoms with Crippen molar-refractivity contribution in [2.24, 2.45) is 10.1 Å². The molecule has 1 saturated heterocycles. The highest BCUT2D eigenvalue weighted by atomic mass is 32.2. The Labute approximate surface area is 175 Å². The normalized spacial score (nSPS) is 17.7. The minimum absolute atomic E-state index is 0.101. The SMILES string of the molecule is CC(C)(COc1cccc2c1C(N)=NS(=O)(=O)N2)Nc1ccnc(N2CCCC2)n1. The number of aromatic nitrogens is 2. The lowest BCUT2D eigenvalue weighted by atomic mass is 10.1. The molecule has 0 atom stereocenters. The molecule has 4 rings (SSSR count). The van der Waals surface area contributed by atoms with Gasteiger partial charge < -0.3 is 20.7 Å². The molecular weight excluding hydrogens is 406 g/mol. The van der Waals surface area contributed by atoms with Gasteiger partial charge in [-0.1, -0.05) is 6.07 Å². The molecule has 11 heteroatoms. The predicted molar refractivity (Wildman–Crippen MR) is 116 cm³/mol. The van der Waals surface area contributed by atoms with Crippen molar-refractivity contribution >= 4 is 33.5 Å². The fraction of sp³-hybridized carbons (Fsp3) is 0.421. The molecule has 0 aliphatic carbocycles. The zero-order valence-electron chi connectivity index (χ0n) is 16.9. The molecule has 0 radical (unpaired) electrons. The van der Waals surface area contributed by atoms with Crippen molar-refractivity contribution in [2.45, 2.75) is 32.2 Å². The van der Waals surface area contributed by atoms with Gasteiger partial charge in [-0.2, -0.15) is 13.4 Å². The Bertz CT molecular complexity index is 1080. The van der Waals surface area contributed by atoms with Crippen LogP contribution in [0.3, 0.4) is 0 Å². The molecule has 160 valence electrons. The van der Waals surface area contributed by atoms with E-state index in [2.05, 4.69) is 29.3 Å². The Morgan fingerprint density at radius 3 is 2.80 bits per heavy atom. The smallest absolute Gasteiger partial charge is 0.344 e. The van der Waals surface area contributed by atoms with Crippen molar-refractivity contribution in [3.63, 3.8) is 0 Å². The van der Waals surface area contributed by atoms with Crippen LogP contribution >= 0.6 is 0 Å². The van der Waals surface area contributed by atoms with Crippen molar-refractivity contribution < 1.29 is 13.2 Å². The van der Waals surface area contributed by atoms with Crippen molar-refractivity contribution in [2.75, 3.05) is 34.6 Å². The van der Waals surface area contributed by atoms with E-state index in [0.29, 0.717) is 22.8 Å². The molecule has 2 aliphatic heterocycles. The van der Waals surface area contributed by atoms with Gasteiger partial charge >= 0.3 is 10.2 Å². The fourth-order valence-corrected chi connectivity index (χ4v) is 4.31. The second-order valence-electron chi connectivity index (χ2n) is 7.97. The van der Waals surface area contributed by atoms with E-state index in [9.17, 15) is 8.42 Å². The molecule has 1 aromatic heterocycles. The van der Waals surface area contributed by atoms with Crippen LogP contribution < -0.4 is 25.4 Å². The Hall–Kier alpha value is -3.08. The maximum Gasteiger partial charge on any atom is 0.344 e. The Kier molecular flexibility index (Phi) is 5.14. The molecular formula is C19H25N7O3S. The molecule has 0 saturated carbocycles. The number of nitrogens with zero attached hydrogens (tertiary/aromatic N) is 4. The van der Waals surface area contributed by atoms with Gasteiger partial charge in [0, 0.05) is 19.3 Å². The number of benzene rings is 1. The number of hydrogen-bond donors (Lipinski definition) is 3. The van der Waals surface area contributed by atoms with Gasteiger partial charge in [-0.3, -0.25) is 4.72 Å². The van der Waals surface area contributed by atoms with Crippen LogP contribution in [0.25, 0.3) is 0 Å². The summed E-state index contributed by atoms with van der Waals surface area (Å²) in [5.74, 6) is 1.79. The second kappa shape index (κ2) is 7.63. The summed E-state index contributed by atoms with van der Waals surface area (Å²) in [4.78, 5) is 11.2. The van der Waals surface area contributed by atoms with Crippen LogP contribution in [0.15, 0.2) is 34.9 Å². The number of ether oxygens (including phenoxy) is 1. The summed E-state index contributed by atoms with van der Waals surface area (Å²) in [7, 11) is -3.83. The zero-order chi connectivity index (χ0) is 21.4. The summed E-state index contributed by atoms with van der Waals surface area (Å²) in [6, 6.07) is 6.87. The third-order valence-electron chi connectivity index (χ3n) is 4.83. The van der Waals surface area contributed by atoms with Crippen molar-refractivity contribution in [3.05, 3.63) is 36.0 Å². The summed E-state index contributed by atoms with van der Waals surface area (Å²) < 4.78 is 35.3. The Morgan fingerprint density at radius 2 is 2.03 bits per heavy atom. The third-order valence-corrected chi connectivity index (χ3v) is 5.74. The molecule has 0 spiro atoms. The van der Waals surface area contributed by atoms with Gasteiger partial charge in [0.2, 0.25) is 5.95 Å².